The molecule has 1 aliphatic heterocycles. The molecule has 7 nitrogen and oxygen atoms in total. The van der Waals surface area contributed by atoms with Gasteiger partial charge >= 0.3 is 12.1 Å². The lowest BCUT2D eigenvalue weighted by Crippen LogP contribution is -2.43. The Bertz CT molecular complexity index is 1110. The number of carbonyl (C=O) groups is 3. The summed E-state index contributed by atoms with van der Waals surface area (Å²) in [6.07, 6.45) is -4.82. The van der Waals surface area contributed by atoms with Gasteiger partial charge in [-0.1, -0.05) is 23.4 Å². The Morgan fingerprint density at radius 1 is 1.22 bits per heavy atom. The second-order valence-electron chi connectivity index (χ2n) is 6.69. The Hall–Kier alpha value is -3.05. The zero-order valence-electron chi connectivity index (χ0n) is 16.3. The zero-order chi connectivity index (χ0) is 23.6. The molecule has 1 aliphatic rings. The van der Waals surface area contributed by atoms with Crippen molar-refractivity contribution in [2.75, 3.05) is 12.4 Å². The molecular formula is C20H15ClF3N3O4S. The summed E-state index contributed by atoms with van der Waals surface area (Å²) in [5, 5.41) is 10.2. The van der Waals surface area contributed by atoms with Crippen LogP contribution in [0.15, 0.2) is 47.5 Å². The molecule has 168 valence electrons. The molecule has 1 heterocycles. The quantitative estimate of drug-likeness (QED) is 0.657. The van der Waals surface area contributed by atoms with E-state index in [1.807, 2.05) is 0 Å². The van der Waals surface area contributed by atoms with Crippen LogP contribution in [0.1, 0.15) is 22.3 Å². The van der Waals surface area contributed by atoms with Gasteiger partial charge in [0.1, 0.15) is 5.25 Å². The molecular weight excluding hydrogens is 471 g/mol. The first kappa shape index (κ1) is 23.6. The molecule has 2 N–H and O–H groups in total. The van der Waals surface area contributed by atoms with Gasteiger partial charge in [0.05, 0.1) is 21.8 Å². The number of nitrogens with one attached hydrogen (secondary N) is 1. The number of aromatic carboxylic acids is 1. The van der Waals surface area contributed by atoms with Crippen molar-refractivity contribution in [1.29, 1.82) is 0 Å². The predicted octanol–water partition coefficient (Wildman–Crippen LogP) is 4.65. The molecule has 0 aliphatic carbocycles. The second-order valence-corrected chi connectivity index (χ2v) is 8.27. The number of rotatable bonds is 4. The average Bonchev–Trinajstić information content (AvgIpc) is 2.72. The number of amidine groups is 1. The summed E-state index contributed by atoms with van der Waals surface area (Å²) >= 11 is 6.55. The van der Waals surface area contributed by atoms with Crippen molar-refractivity contribution < 1.29 is 32.7 Å². The summed E-state index contributed by atoms with van der Waals surface area (Å²) in [6.45, 7) is 0. The van der Waals surface area contributed by atoms with E-state index in [0.29, 0.717) is 5.69 Å². The molecule has 0 saturated carbocycles. The average molecular weight is 486 g/mol. The minimum atomic E-state index is -4.67. The van der Waals surface area contributed by atoms with Crippen molar-refractivity contribution in [3.63, 3.8) is 0 Å². The highest BCUT2D eigenvalue weighted by atomic mass is 35.5. The van der Waals surface area contributed by atoms with Crippen LogP contribution >= 0.6 is 23.4 Å². The first-order valence-corrected chi connectivity index (χ1v) is 10.2. The highest BCUT2D eigenvalue weighted by Crippen LogP contribution is 2.37. The number of carbonyl (C=O) groups excluding carboxylic acids is 2. The van der Waals surface area contributed by atoms with Gasteiger partial charge in [0.25, 0.3) is 0 Å². The fourth-order valence-corrected chi connectivity index (χ4v) is 4.02. The second kappa shape index (κ2) is 9.21. The minimum Gasteiger partial charge on any atom is -0.478 e. The molecule has 2 aromatic carbocycles. The monoisotopic (exact) mass is 485 g/mol. The van der Waals surface area contributed by atoms with Gasteiger partial charge in [-0.2, -0.15) is 13.2 Å². The van der Waals surface area contributed by atoms with Crippen LogP contribution in [0.3, 0.4) is 0 Å². The molecule has 2 aromatic rings. The van der Waals surface area contributed by atoms with E-state index in [-0.39, 0.29) is 22.8 Å². The van der Waals surface area contributed by atoms with Crippen LogP contribution in [0.4, 0.5) is 24.5 Å². The Labute approximate surface area is 189 Å². The lowest BCUT2D eigenvalue weighted by Gasteiger charge is -2.28. The number of thioether (sulfide) groups is 1. The summed E-state index contributed by atoms with van der Waals surface area (Å²) < 4.78 is 39.3. The first-order valence-electron chi connectivity index (χ1n) is 8.98. The summed E-state index contributed by atoms with van der Waals surface area (Å²) in [6, 6.07) is 8.55. The van der Waals surface area contributed by atoms with Gasteiger partial charge in [-0.25, -0.2) is 9.79 Å². The Kier molecular flexibility index (Phi) is 6.79. The standard InChI is InChI=1S/C20H15ClF3N3O4S/c1-27-16(28)9-15(17(29)25-11-4-2-10(3-5-11)18(30)31)32-19(27)26-12-6-7-14(21)13(8-12)20(22,23)24/h2-8,15H,9H2,1H3,(H,25,29)(H,30,31). The van der Waals surface area contributed by atoms with E-state index in [1.54, 1.807) is 0 Å². The van der Waals surface area contributed by atoms with Crippen LogP contribution in [-0.4, -0.2) is 45.3 Å². The van der Waals surface area contributed by atoms with Crippen molar-refractivity contribution in [3.8, 4) is 0 Å². The Morgan fingerprint density at radius 3 is 2.47 bits per heavy atom. The van der Waals surface area contributed by atoms with Crippen LogP contribution in [0, 0.1) is 0 Å². The topological polar surface area (TPSA) is 99.1 Å². The molecule has 1 unspecified atom stereocenters. The molecule has 2 amide bonds. The number of aliphatic imine (C=N–C) groups is 1. The number of benzene rings is 2. The van der Waals surface area contributed by atoms with Gasteiger partial charge in [0.15, 0.2) is 5.17 Å². The van der Waals surface area contributed by atoms with E-state index >= 15 is 0 Å². The van der Waals surface area contributed by atoms with E-state index in [0.717, 1.165) is 28.8 Å². The van der Waals surface area contributed by atoms with Crippen LogP contribution in [0.25, 0.3) is 0 Å². The van der Waals surface area contributed by atoms with Crippen molar-refractivity contribution in [3.05, 3.63) is 58.6 Å². The number of amides is 2. The maximum absolute atomic E-state index is 13.1. The van der Waals surface area contributed by atoms with E-state index in [4.69, 9.17) is 16.7 Å². The molecule has 0 radical (unpaired) electrons. The molecule has 0 spiro atoms. The van der Waals surface area contributed by atoms with Gasteiger partial charge < -0.3 is 10.4 Å². The molecule has 1 atom stereocenters. The van der Waals surface area contributed by atoms with Gasteiger partial charge in [-0.05, 0) is 42.5 Å². The van der Waals surface area contributed by atoms with Crippen molar-refractivity contribution in [2.24, 2.45) is 4.99 Å². The summed E-state index contributed by atoms with van der Waals surface area (Å²) in [5.74, 6) is -2.08. The normalized spacial score (nSPS) is 18.0. The van der Waals surface area contributed by atoms with Gasteiger partial charge in [0, 0.05) is 19.2 Å². The van der Waals surface area contributed by atoms with E-state index in [2.05, 4.69) is 10.3 Å². The maximum atomic E-state index is 13.1. The molecule has 3 rings (SSSR count). The van der Waals surface area contributed by atoms with Gasteiger partial charge in [-0.15, -0.1) is 0 Å². The first-order chi connectivity index (χ1) is 15.0. The number of halogens is 4. The van der Waals surface area contributed by atoms with Crippen molar-refractivity contribution in [2.45, 2.75) is 17.8 Å². The van der Waals surface area contributed by atoms with Crippen LogP contribution in [0.2, 0.25) is 5.02 Å². The SMILES string of the molecule is CN1C(=O)CC(C(=O)Nc2ccc(C(=O)O)cc2)SC1=Nc1ccc(Cl)c(C(F)(F)F)c1. The van der Waals surface area contributed by atoms with Crippen molar-refractivity contribution in [1.82, 2.24) is 4.90 Å². The van der Waals surface area contributed by atoms with E-state index in [1.165, 1.54) is 37.4 Å². The third-order valence-electron chi connectivity index (χ3n) is 4.44. The molecule has 1 saturated heterocycles. The van der Waals surface area contributed by atoms with Crippen molar-refractivity contribution >= 4 is 57.7 Å². The zero-order valence-corrected chi connectivity index (χ0v) is 17.9. The number of anilines is 1. The lowest BCUT2D eigenvalue weighted by molar-refractivity contribution is -0.137. The molecule has 0 aromatic heterocycles. The largest absolute Gasteiger partial charge is 0.478 e. The molecule has 1 fully saturated rings. The van der Waals surface area contributed by atoms with E-state index < -0.39 is 39.8 Å². The van der Waals surface area contributed by atoms with Crippen LogP contribution in [0.5, 0.6) is 0 Å². The molecule has 12 heteroatoms. The van der Waals surface area contributed by atoms with Gasteiger partial charge in [-0.3, -0.25) is 14.5 Å². The summed E-state index contributed by atoms with van der Waals surface area (Å²) in [5.41, 5.74) is -0.760. The number of nitrogens with zero attached hydrogens (tertiary/aromatic N) is 2. The lowest BCUT2D eigenvalue weighted by atomic mass is 10.2. The Balaban J connectivity index is 1.81. The highest BCUT2D eigenvalue weighted by molar-refractivity contribution is 8.15. The van der Waals surface area contributed by atoms with Crippen LogP contribution < -0.4 is 5.32 Å². The summed E-state index contributed by atoms with van der Waals surface area (Å²) in [7, 11) is 1.41. The molecule has 0 bridgehead atoms. The number of hydrogen-bond acceptors (Lipinski definition) is 5. The third-order valence-corrected chi connectivity index (χ3v) is 6.01. The Morgan fingerprint density at radius 2 is 1.88 bits per heavy atom. The molecule has 32 heavy (non-hydrogen) atoms. The fourth-order valence-electron chi connectivity index (χ4n) is 2.73. The fraction of sp³-hybridized carbons (Fsp3) is 0.200. The van der Waals surface area contributed by atoms with Gasteiger partial charge in [0.2, 0.25) is 11.8 Å². The van der Waals surface area contributed by atoms with E-state index in [9.17, 15) is 27.6 Å². The highest BCUT2D eigenvalue weighted by Gasteiger charge is 2.35. The smallest absolute Gasteiger partial charge is 0.417 e. The van der Waals surface area contributed by atoms with Crippen LogP contribution in [-0.2, 0) is 15.8 Å². The number of carboxylic acids is 1. The minimum absolute atomic E-state index is 0.0439. The maximum Gasteiger partial charge on any atom is 0.417 e. The summed E-state index contributed by atoms with van der Waals surface area (Å²) in [4.78, 5) is 41.2. The number of alkyl halides is 3. The number of hydrogen-bond donors (Lipinski definition) is 2. The third kappa shape index (κ3) is 5.40. The predicted molar refractivity (Wildman–Crippen MR) is 114 cm³/mol. The number of carboxylic acid groups (broad SMARTS) is 1.